The lowest BCUT2D eigenvalue weighted by Gasteiger charge is -2.14. The van der Waals surface area contributed by atoms with Gasteiger partial charge in [0.15, 0.2) is 5.78 Å². The Morgan fingerprint density at radius 1 is 1.12 bits per heavy atom. The number of fused-ring (bicyclic) bond motifs is 1. The van der Waals surface area contributed by atoms with Crippen molar-refractivity contribution in [2.24, 2.45) is 0 Å². The Kier molecular flexibility index (Phi) is 3.65. The van der Waals surface area contributed by atoms with Crippen molar-refractivity contribution in [3.05, 3.63) is 41.0 Å². The molecular formula is C14H16ClNO. The minimum Gasteiger partial charge on any atom is -0.313 e. The first kappa shape index (κ1) is 12.3. The van der Waals surface area contributed by atoms with E-state index in [0.29, 0.717) is 12.2 Å². The summed E-state index contributed by atoms with van der Waals surface area (Å²) < 4.78 is 0. The second kappa shape index (κ2) is 5.03. The Bertz CT molecular complexity index is 479. The molecule has 2 aliphatic rings. The molecule has 17 heavy (non-hydrogen) atoms. The molecule has 1 aromatic carbocycles. The zero-order valence-electron chi connectivity index (χ0n) is 9.66. The number of hydrogen-bond acceptors (Lipinski definition) is 2. The summed E-state index contributed by atoms with van der Waals surface area (Å²) in [5.74, 6) is 0.311. The summed E-state index contributed by atoms with van der Waals surface area (Å²) in [4.78, 5) is 11.7. The van der Waals surface area contributed by atoms with E-state index in [0.717, 1.165) is 31.5 Å². The van der Waals surface area contributed by atoms with Crippen molar-refractivity contribution in [1.29, 1.82) is 0 Å². The maximum atomic E-state index is 11.7. The molecule has 2 nitrogen and oxygen atoms in total. The van der Waals surface area contributed by atoms with Gasteiger partial charge < -0.3 is 5.32 Å². The van der Waals surface area contributed by atoms with Crippen LogP contribution in [0.15, 0.2) is 24.3 Å². The quantitative estimate of drug-likeness (QED) is 0.829. The highest BCUT2D eigenvalue weighted by atomic mass is 35.5. The molecule has 90 valence electrons. The van der Waals surface area contributed by atoms with Crippen molar-refractivity contribution in [2.75, 3.05) is 13.1 Å². The minimum atomic E-state index is 0. The summed E-state index contributed by atoms with van der Waals surface area (Å²) in [7, 11) is 0. The average molecular weight is 250 g/mol. The van der Waals surface area contributed by atoms with Crippen LogP contribution in [-0.4, -0.2) is 18.9 Å². The Balaban J connectivity index is 0.00000108. The van der Waals surface area contributed by atoms with Crippen molar-refractivity contribution in [2.45, 2.75) is 19.3 Å². The molecule has 3 heteroatoms. The van der Waals surface area contributed by atoms with E-state index in [4.69, 9.17) is 0 Å². The van der Waals surface area contributed by atoms with Crippen LogP contribution < -0.4 is 5.32 Å². The maximum absolute atomic E-state index is 11.7. The van der Waals surface area contributed by atoms with Gasteiger partial charge in [-0.05, 0) is 42.2 Å². The first-order valence-corrected chi connectivity index (χ1v) is 5.91. The van der Waals surface area contributed by atoms with Crippen LogP contribution in [0.5, 0.6) is 0 Å². The largest absolute Gasteiger partial charge is 0.313 e. The second-order valence-electron chi connectivity index (χ2n) is 4.48. The van der Waals surface area contributed by atoms with Crippen molar-refractivity contribution < 1.29 is 4.79 Å². The van der Waals surface area contributed by atoms with Crippen molar-refractivity contribution >= 4 is 23.8 Å². The number of nitrogens with one attached hydrogen (secondary N) is 1. The maximum Gasteiger partial charge on any atom is 0.163 e. The molecule has 0 radical (unpaired) electrons. The van der Waals surface area contributed by atoms with E-state index >= 15 is 0 Å². The Labute approximate surface area is 108 Å². The lowest BCUT2D eigenvalue weighted by atomic mass is 9.97. The predicted molar refractivity (Wildman–Crippen MR) is 71.8 cm³/mol. The first-order chi connectivity index (χ1) is 7.84. The molecule has 3 rings (SSSR count). The summed E-state index contributed by atoms with van der Waals surface area (Å²) in [5, 5.41) is 3.30. The molecule has 0 saturated carbocycles. The molecule has 0 fully saturated rings. The zero-order valence-corrected chi connectivity index (χ0v) is 10.5. The van der Waals surface area contributed by atoms with Crippen molar-refractivity contribution in [3.8, 4) is 0 Å². The summed E-state index contributed by atoms with van der Waals surface area (Å²) in [6.45, 7) is 1.98. The summed E-state index contributed by atoms with van der Waals surface area (Å²) in [6.07, 6.45) is 4.91. The average Bonchev–Trinajstić information content (AvgIpc) is 2.72. The number of carbonyl (C=O) groups excluding carboxylic acids is 1. The normalized spacial score (nSPS) is 18.4. The third-order valence-corrected chi connectivity index (χ3v) is 3.47. The number of hydrogen-bond donors (Lipinski definition) is 1. The van der Waals surface area contributed by atoms with Gasteiger partial charge in [-0.25, -0.2) is 0 Å². The van der Waals surface area contributed by atoms with Gasteiger partial charge in [0, 0.05) is 18.5 Å². The van der Waals surface area contributed by atoms with Gasteiger partial charge in [-0.1, -0.05) is 18.2 Å². The van der Waals surface area contributed by atoms with Crippen LogP contribution in [0, 0.1) is 0 Å². The topological polar surface area (TPSA) is 29.1 Å². The highest BCUT2D eigenvalue weighted by molar-refractivity contribution is 6.01. The highest BCUT2D eigenvalue weighted by Crippen LogP contribution is 2.27. The van der Waals surface area contributed by atoms with E-state index in [1.165, 1.54) is 16.7 Å². The number of aryl methyl sites for hydroxylation is 1. The molecule has 0 unspecified atom stereocenters. The van der Waals surface area contributed by atoms with Gasteiger partial charge in [-0.2, -0.15) is 0 Å². The van der Waals surface area contributed by atoms with E-state index in [1.807, 2.05) is 0 Å². The van der Waals surface area contributed by atoms with Crippen molar-refractivity contribution in [1.82, 2.24) is 5.32 Å². The molecule has 1 aromatic rings. The van der Waals surface area contributed by atoms with Crippen molar-refractivity contribution in [3.63, 3.8) is 0 Å². The summed E-state index contributed by atoms with van der Waals surface area (Å²) in [6, 6.07) is 6.37. The third kappa shape index (κ3) is 2.28. The number of carbonyl (C=O) groups is 1. The fourth-order valence-corrected chi connectivity index (χ4v) is 2.52. The van der Waals surface area contributed by atoms with Crippen LogP contribution in [0.1, 0.15) is 34.3 Å². The smallest absolute Gasteiger partial charge is 0.163 e. The number of halogens is 1. The summed E-state index contributed by atoms with van der Waals surface area (Å²) in [5.41, 5.74) is 4.79. The van der Waals surface area contributed by atoms with Gasteiger partial charge in [0.1, 0.15) is 0 Å². The molecular weight excluding hydrogens is 234 g/mol. The van der Waals surface area contributed by atoms with Gasteiger partial charge in [-0.15, -0.1) is 12.4 Å². The van der Waals surface area contributed by atoms with E-state index in [9.17, 15) is 4.79 Å². The lowest BCUT2D eigenvalue weighted by Crippen LogP contribution is -2.20. The van der Waals surface area contributed by atoms with Crippen LogP contribution >= 0.6 is 12.4 Å². The van der Waals surface area contributed by atoms with E-state index < -0.39 is 0 Å². The van der Waals surface area contributed by atoms with Gasteiger partial charge in [-0.3, -0.25) is 4.79 Å². The highest BCUT2D eigenvalue weighted by Gasteiger charge is 2.20. The molecule has 0 bridgehead atoms. The van der Waals surface area contributed by atoms with Crippen LogP contribution in [0.3, 0.4) is 0 Å². The number of benzene rings is 1. The Morgan fingerprint density at radius 3 is 2.76 bits per heavy atom. The molecule has 1 N–H and O–H groups in total. The number of Topliss-reactive ketones (excluding diaryl/α,β-unsaturated/α-hetero) is 1. The second-order valence-corrected chi connectivity index (χ2v) is 4.48. The van der Waals surface area contributed by atoms with Crippen LogP contribution in [0.4, 0.5) is 0 Å². The fourth-order valence-electron chi connectivity index (χ4n) is 2.52. The van der Waals surface area contributed by atoms with Gasteiger partial charge >= 0.3 is 0 Å². The molecule has 0 atom stereocenters. The zero-order chi connectivity index (χ0) is 11.0. The monoisotopic (exact) mass is 249 g/mol. The van der Waals surface area contributed by atoms with Gasteiger partial charge in [0.2, 0.25) is 0 Å². The predicted octanol–water partition coefficient (Wildman–Crippen LogP) is 2.61. The molecule has 1 heterocycles. The number of rotatable bonds is 1. The molecule has 0 amide bonds. The van der Waals surface area contributed by atoms with E-state index in [-0.39, 0.29) is 12.4 Å². The molecule has 0 saturated heterocycles. The van der Waals surface area contributed by atoms with Gasteiger partial charge in [0.05, 0.1) is 0 Å². The first-order valence-electron chi connectivity index (χ1n) is 5.91. The number of ketones is 1. The minimum absolute atomic E-state index is 0. The SMILES string of the molecule is Cl.O=C1CCc2ccc(C3=CCNCC3)cc21. The van der Waals surface area contributed by atoms with Gasteiger partial charge in [0.25, 0.3) is 0 Å². The lowest BCUT2D eigenvalue weighted by molar-refractivity contribution is 0.0994. The van der Waals surface area contributed by atoms with Crippen LogP contribution in [0.2, 0.25) is 0 Å². The van der Waals surface area contributed by atoms with Crippen LogP contribution in [0.25, 0.3) is 5.57 Å². The Hall–Kier alpha value is -1.12. The van der Waals surface area contributed by atoms with E-state index in [1.54, 1.807) is 0 Å². The van der Waals surface area contributed by atoms with Crippen LogP contribution in [-0.2, 0) is 6.42 Å². The molecule has 1 aliphatic heterocycles. The molecule has 1 aliphatic carbocycles. The molecule has 0 aromatic heterocycles. The Morgan fingerprint density at radius 2 is 2.00 bits per heavy atom. The summed E-state index contributed by atoms with van der Waals surface area (Å²) >= 11 is 0. The molecule has 0 spiro atoms. The third-order valence-electron chi connectivity index (χ3n) is 3.47. The van der Waals surface area contributed by atoms with E-state index in [2.05, 4.69) is 29.6 Å². The standard InChI is InChI=1S/C14H15NO.ClH/c16-14-4-3-11-1-2-12(9-13(11)14)10-5-7-15-8-6-10;/h1-2,5,9,15H,3-4,6-8H2;1H. The fraction of sp³-hybridized carbons (Fsp3) is 0.357.